The lowest BCUT2D eigenvalue weighted by Crippen LogP contribution is -2.40. The lowest BCUT2D eigenvalue weighted by Gasteiger charge is -2.34. The van der Waals surface area contributed by atoms with Crippen molar-refractivity contribution in [2.45, 2.75) is 52.1 Å². The number of aliphatic carboxylic acids is 1. The van der Waals surface area contributed by atoms with Crippen LogP contribution in [0.4, 0.5) is 0 Å². The van der Waals surface area contributed by atoms with Crippen LogP contribution in [-0.2, 0) is 14.3 Å². The molecule has 0 saturated heterocycles. The summed E-state index contributed by atoms with van der Waals surface area (Å²) >= 11 is 0. The van der Waals surface area contributed by atoms with E-state index in [0.717, 1.165) is 25.7 Å². The highest BCUT2D eigenvalue weighted by Crippen LogP contribution is 2.50. The van der Waals surface area contributed by atoms with Crippen molar-refractivity contribution in [3.8, 4) is 0 Å². The van der Waals surface area contributed by atoms with Crippen molar-refractivity contribution in [2.24, 2.45) is 23.7 Å². The number of ether oxygens (including phenoxy) is 1. The SMILES string of the molecule is CC(C)(C)OC(=O)C1CCC2CCC1[C@H]2C(=O)O. The normalized spacial score (nSPS) is 35.3. The van der Waals surface area contributed by atoms with Crippen molar-refractivity contribution in [1.82, 2.24) is 0 Å². The van der Waals surface area contributed by atoms with Gasteiger partial charge in [0.15, 0.2) is 0 Å². The third-order valence-corrected chi connectivity index (χ3v) is 4.20. The standard InChI is InChI=1S/C14H22O4/c1-14(2,3)18-13(17)10-7-5-8-4-6-9(10)11(8)12(15)16/h8-11H,4-7H2,1-3H3,(H,15,16)/t8?,9?,10?,11-/m0/s1. The molecule has 0 aromatic rings. The maximum atomic E-state index is 12.2. The lowest BCUT2D eigenvalue weighted by atomic mass is 9.72. The quantitative estimate of drug-likeness (QED) is 0.769. The number of hydrogen-bond donors (Lipinski definition) is 1. The van der Waals surface area contributed by atoms with Gasteiger partial charge in [0.1, 0.15) is 5.60 Å². The van der Waals surface area contributed by atoms with Gasteiger partial charge in [-0.1, -0.05) is 0 Å². The van der Waals surface area contributed by atoms with Crippen LogP contribution in [0.2, 0.25) is 0 Å². The molecule has 4 nitrogen and oxygen atoms in total. The van der Waals surface area contributed by atoms with Gasteiger partial charge in [-0.25, -0.2) is 0 Å². The van der Waals surface area contributed by atoms with Gasteiger partial charge in [-0.05, 0) is 58.3 Å². The zero-order chi connectivity index (χ0) is 13.5. The molecule has 0 aromatic heterocycles. The molecule has 102 valence electrons. The second-order valence-corrected chi connectivity index (χ2v) is 6.58. The first-order chi connectivity index (χ1) is 8.29. The van der Waals surface area contributed by atoms with E-state index in [2.05, 4.69) is 0 Å². The molecule has 0 aliphatic heterocycles. The summed E-state index contributed by atoms with van der Waals surface area (Å²) in [5.41, 5.74) is -0.495. The zero-order valence-electron chi connectivity index (χ0n) is 11.3. The third kappa shape index (κ3) is 2.52. The van der Waals surface area contributed by atoms with Crippen LogP contribution in [0.25, 0.3) is 0 Å². The van der Waals surface area contributed by atoms with Crippen LogP contribution in [0.5, 0.6) is 0 Å². The van der Waals surface area contributed by atoms with Crippen molar-refractivity contribution in [1.29, 1.82) is 0 Å². The minimum atomic E-state index is -0.740. The van der Waals surface area contributed by atoms with Gasteiger partial charge < -0.3 is 9.84 Å². The number of carbonyl (C=O) groups is 2. The summed E-state index contributed by atoms with van der Waals surface area (Å²) in [6.45, 7) is 5.54. The van der Waals surface area contributed by atoms with Crippen LogP contribution in [0.1, 0.15) is 46.5 Å². The molecule has 4 atom stereocenters. The second kappa shape index (κ2) is 4.56. The number of hydrogen-bond acceptors (Lipinski definition) is 3. The summed E-state index contributed by atoms with van der Waals surface area (Å²) in [5, 5.41) is 9.30. The largest absolute Gasteiger partial charge is 0.481 e. The minimum Gasteiger partial charge on any atom is -0.481 e. The summed E-state index contributed by atoms with van der Waals surface area (Å²) in [6, 6.07) is 0. The molecule has 4 heteroatoms. The van der Waals surface area contributed by atoms with Gasteiger partial charge in [0.05, 0.1) is 11.8 Å². The molecule has 3 unspecified atom stereocenters. The predicted molar refractivity (Wildman–Crippen MR) is 65.9 cm³/mol. The lowest BCUT2D eigenvalue weighted by molar-refractivity contribution is -0.166. The first kappa shape index (κ1) is 13.4. The Morgan fingerprint density at radius 3 is 2.28 bits per heavy atom. The molecule has 0 heterocycles. The van der Waals surface area contributed by atoms with E-state index in [-0.39, 0.29) is 29.6 Å². The summed E-state index contributed by atoms with van der Waals surface area (Å²) < 4.78 is 5.42. The molecule has 0 amide bonds. The Morgan fingerprint density at radius 2 is 1.72 bits per heavy atom. The Bertz CT molecular complexity index is 355. The van der Waals surface area contributed by atoms with Gasteiger partial charge in [-0.15, -0.1) is 0 Å². The van der Waals surface area contributed by atoms with Crippen molar-refractivity contribution in [3.05, 3.63) is 0 Å². The molecular weight excluding hydrogens is 232 g/mol. The Kier molecular flexibility index (Phi) is 3.39. The topological polar surface area (TPSA) is 63.6 Å². The minimum absolute atomic E-state index is 0.0175. The highest BCUT2D eigenvalue weighted by molar-refractivity contribution is 5.77. The van der Waals surface area contributed by atoms with E-state index in [1.807, 2.05) is 20.8 Å². The molecule has 0 spiro atoms. The van der Waals surface area contributed by atoms with Crippen molar-refractivity contribution in [3.63, 3.8) is 0 Å². The number of esters is 1. The molecule has 2 aliphatic carbocycles. The number of fused-ring (bicyclic) bond motifs is 2. The molecule has 2 rings (SSSR count). The van der Waals surface area contributed by atoms with Crippen molar-refractivity contribution >= 4 is 11.9 Å². The molecule has 18 heavy (non-hydrogen) atoms. The maximum absolute atomic E-state index is 12.2. The van der Waals surface area contributed by atoms with E-state index in [4.69, 9.17) is 4.74 Å². The van der Waals surface area contributed by atoms with E-state index in [1.54, 1.807) is 0 Å². The van der Waals surface area contributed by atoms with Gasteiger partial charge in [0.25, 0.3) is 0 Å². The number of carbonyl (C=O) groups excluding carboxylic acids is 1. The summed E-state index contributed by atoms with van der Waals surface area (Å²) in [7, 11) is 0. The molecule has 0 radical (unpaired) electrons. The van der Waals surface area contributed by atoms with E-state index in [9.17, 15) is 14.7 Å². The summed E-state index contributed by atoms with van der Waals surface area (Å²) in [4.78, 5) is 23.5. The number of rotatable bonds is 2. The van der Waals surface area contributed by atoms with Crippen LogP contribution in [-0.4, -0.2) is 22.6 Å². The van der Waals surface area contributed by atoms with Crippen LogP contribution < -0.4 is 0 Å². The fourth-order valence-corrected chi connectivity index (χ4v) is 3.55. The molecule has 2 aliphatic rings. The van der Waals surface area contributed by atoms with E-state index in [1.165, 1.54) is 0 Å². The first-order valence-electron chi connectivity index (χ1n) is 6.75. The van der Waals surface area contributed by atoms with Gasteiger partial charge in [-0.3, -0.25) is 9.59 Å². The van der Waals surface area contributed by atoms with E-state index < -0.39 is 11.6 Å². The molecule has 1 N–H and O–H groups in total. The fourth-order valence-electron chi connectivity index (χ4n) is 3.55. The van der Waals surface area contributed by atoms with Gasteiger partial charge >= 0.3 is 11.9 Å². The van der Waals surface area contributed by atoms with Gasteiger partial charge in [-0.2, -0.15) is 0 Å². The molecule has 2 fully saturated rings. The Hall–Kier alpha value is -1.06. The van der Waals surface area contributed by atoms with Gasteiger partial charge in [0.2, 0.25) is 0 Å². The highest BCUT2D eigenvalue weighted by Gasteiger charge is 2.50. The average Bonchev–Trinajstić information content (AvgIpc) is 2.50. The average molecular weight is 254 g/mol. The van der Waals surface area contributed by atoms with Crippen LogP contribution in [0.3, 0.4) is 0 Å². The van der Waals surface area contributed by atoms with Crippen LogP contribution in [0, 0.1) is 23.7 Å². The Morgan fingerprint density at radius 1 is 1.11 bits per heavy atom. The molecular formula is C14H22O4. The van der Waals surface area contributed by atoms with Gasteiger partial charge in [0, 0.05) is 0 Å². The molecule has 2 bridgehead atoms. The fraction of sp³-hybridized carbons (Fsp3) is 0.857. The number of carboxylic acids is 1. The monoisotopic (exact) mass is 254 g/mol. The Labute approximate surface area is 108 Å². The van der Waals surface area contributed by atoms with Crippen LogP contribution >= 0.6 is 0 Å². The number of carboxylic acid groups (broad SMARTS) is 1. The highest BCUT2D eigenvalue weighted by atomic mass is 16.6. The molecule has 2 saturated carbocycles. The zero-order valence-corrected chi connectivity index (χ0v) is 11.3. The van der Waals surface area contributed by atoms with Crippen LogP contribution in [0.15, 0.2) is 0 Å². The second-order valence-electron chi connectivity index (χ2n) is 6.58. The summed E-state index contributed by atoms with van der Waals surface area (Å²) in [5.74, 6) is -1.25. The van der Waals surface area contributed by atoms with E-state index >= 15 is 0 Å². The first-order valence-corrected chi connectivity index (χ1v) is 6.75. The summed E-state index contributed by atoms with van der Waals surface area (Å²) in [6.07, 6.45) is 3.43. The van der Waals surface area contributed by atoms with E-state index in [0.29, 0.717) is 0 Å². The maximum Gasteiger partial charge on any atom is 0.309 e. The smallest absolute Gasteiger partial charge is 0.309 e. The molecule has 0 aromatic carbocycles. The Balaban J connectivity index is 2.10. The van der Waals surface area contributed by atoms with Crippen molar-refractivity contribution < 1.29 is 19.4 Å². The third-order valence-electron chi connectivity index (χ3n) is 4.20. The predicted octanol–water partition coefficient (Wildman–Crippen LogP) is 2.47. The van der Waals surface area contributed by atoms with Crippen molar-refractivity contribution in [2.75, 3.05) is 0 Å².